The van der Waals surface area contributed by atoms with E-state index >= 15 is 0 Å². The van der Waals surface area contributed by atoms with Gasteiger partial charge in [-0.2, -0.15) is 10.5 Å². The van der Waals surface area contributed by atoms with E-state index in [-0.39, 0.29) is 23.8 Å². The minimum Gasteiger partial charge on any atom is -0.314 e. The molecule has 0 spiro atoms. The van der Waals surface area contributed by atoms with E-state index in [1.165, 1.54) is 18.2 Å². The van der Waals surface area contributed by atoms with Gasteiger partial charge in [0.05, 0.1) is 6.42 Å². The fraction of sp³-hybridized carbons (Fsp3) is 0.0769. The van der Waals surface area contributed by atoms with Crippen LogP contribution < -0.4 is 5.32 Å². The Labute approximate surface area is 127 Å². The first kappa shape index (κ1) is 14.7. The van der Waals surface area contributed by atoms with Gasteiger partial charge in [-0.25, -0.2) is 9.37 Å². The smallest absolute Gasteiger partial charge is 0.231 e. The van der Waals surface area contributed by atoms with Crippen LogP contribution in [-0.4, -0.2) is 15.9 Å². The highest BCUT2D eigenvalue weighted by molar-refractivity contribution is 9.10. The van der Waals surface area contributed by atoms with E-state index < -0.39 is 11.7 Å². The van der Waals surface area contributed by atoms with Crippen LogP contribution in [-0.2, 0) is 11.2 Å². The number of rotatable bonds is 3. The number of H-pyrrole nitrogens is 1. The summed E-state index contributed by atoms with van der Waals surface area (Å²) in [6, 6.07) is 7.51. The van der Waals surface area contributed by atoms with Gasteiger partial charge >= 0.3 is 0 Å². The molecule has 0 bridgehead atoms. The average molecular weight is 348 g/mol. The Morgan fingerprint density at radius 1 is 1.43 bits per heavy atom. The molecule has 0 aliphatic heterocycles. The van der Waals surface area contributed by atoms with Crippen molar-refractivity contribution in [1.29, 1.82) is 10.5 Å². The maximum Gasteiger partial charge on any atom is 0.231 e. The van der Waals surface area contributed by atoms with Gasteiger partial charge in [0.2, 0.25) is 11.9 Å². The number of imidazole rings is 1. The van der Waals surface area contributed by atoms with Crippen molar-refractivity contribution in [3.05, 3.63) is 45.4 Å². The number of aromatic nitrogens is 2. The third-order valence-corrected chi connectivity index (χ3v) is 3.28. The second-order valence-corrected chi connectivity index (χ2v) is 4.85. The molecule has 0 atom stereocenters. The molecule has 8 heteroatoms. The molecule has 0 saturated carbocycles. The lowest BCUT2D eigenvalue weighted by Crippen LogP contribution is -2.15. The monoisotopic (exact) mass is 347 g/mol. The fourth-order valence-electron chi connectivity index (χ4n) is 1.61. The summed E-state index contributed by atoms with van der Waals surface area (Å²) in [6.45, 7) is 0. The molecular formula is C13H7BrFN5O. The second kappa shape index (κ2) is 6.16. The third kappa shape index (κ3) is 3.44. The van der Waals surface area contributed by atoms with Gasteiger partial charge in [0.1, 0.15) is 18.0 Å². The first-order chi connectivity index (χ1) is 10.0. The van der Waals surface area contributed by atoms with E-state index in [0.717, 1.165) is 0 Å². The Balaban J connectivity index is 2.10. The molecule has 0 unspecified atom stereocenters. The van der Waals surface area contributed by atoms with Crippen molar-refractivity contribution in [3.63, 3.8) is 0 Å². The summed E-state index contributed by atoms with van der Waals surface area (Å²) in [5.74, 6) is -0.800. The number of aromatic amines is 1. The van der Waals surface area contributed by atoms with Gasteiger partial charge in [-0.05, 0) is 17.7 Å². The molecule has 0 aliphatic rings. The number of benzene rings is 1. The van der Waals surface area contributed by atoms with Crippen molar-refractivity contribution >= 4 is 27.8 Å². The number of nitrogens with one attached hydrogen (secondary N) is 2. The summed E-state index contributed by atoms with van der Waals surface area (Å²) in [4.78, 5) is 18.2. The van der Waals surface area contributed by atoms with Gasteiger partial charge in [-0.1, -0.05) is 22.0 Å². The van der Waals surface area contributed by atoms with E-state index in [9.17, 15) is 9.18 Å². The van der Waals surface area contributed by atoms with E-state index in [2.05, 4.69) is 31.2 Å². The quantitative estimate of drug-likeness (QED) is 0.887. The number of hydrogen-bond acceptors (Lipinski definition) is 4. The summed E-state index contributed by atoms with van der Waals surface area (Å²) in [5.41, 5.74) is 0.494. The molecule has 0 saturated heterocycles. The minimum atomic E-state index is -0.412. The fourth-order valence-corrected chi connectivity index (χ4v) is 2.10. The maximum absolute atomic E-state index is 13.0. The van der Waals surface area contributed by atoms with Crippen molar-refractivity contribution in [2.75, 3.05) is 5.32 Å². The molecule has 0 radical (unpaired) electrons. The van der Waals surface area contributed by atoms with E-state index in [1.54, 1.807) is 12.1 Å². The Morgan fingerprint density at radius 2 is 2.19 bits per heavy atom. The maximum atomic E-state index is 13.0. The summed E-state index contributed by atoms with van der Waals surface area (Å²) >= 11 is 3.17. The summed E-state index contributed by atoms with van der Waals surface area (Å²) < 4.78 is 13.4. The number of carbonyl (C=O) groups excluding carboxylic acids is 1. The van der Waals surface area contributed by atoms with Gasteiger partial charge in [0.15, 0.2) is 11.4 Å². The van der Waals surface area contributed by atoms with Crippen LogP contribution in [0, 0.1) is 28.5 Å². The van der Waals surface area contributed by atoms with Crippen LogP contribution in [0.25, 0.3) is 0 Å². The summed E-state index contributed by atoms with van der Waals surface area (Å²) in [6.07, 6.45) is -0.00859. The van der Waals surface area contributed by atoms with Crippen molar-refractivity contribution in [1.82, 2.24) is 9.97 Å². The molecular weight excluding hydrogens is 341 g/mol. The van der Waals surface area contributed by atoms with Crippen LogP contribution in [0.4, 0.5) is 10.3 Å². The number of hydrogen-bond donors (Lipinski definition) is 2. The number of halogens is 2. The Morgan fingerprint density at radius 3 is 2.76 bits per heavy atom. The summed E-state index contributed by atoms with van der Waals surface area (Å²) in [7, 11) is 0. The molecule has 104 valence electrons. The highest BCUT2D eigenvalue weighted by atomic mass is 79.9. The van der Waals surface area contributed by atoms with Crippen molar-refractivity contribution in [2.45, 2.75) is 6.42 Å². The molecule has 1 amide bonds. The first-order valence-corrected chi connectivity index (χ1v) is 6.46. The molecule has 0 aliphatic carbocycles. The molecule has 2 N–H and O–H groups in total. The number of amides is 1. The van der Waals surface area contributed by atoms with Crippen LogP contribution in [0.1, 0.15) is 17.0 Å². The van der Waals surface area contributed by atoms with Crippen LogP contribution in [0.3, 0.4) is 0 Å². The predicted octanol–water partition coefficient (Wildman–Crippen LogP) is 2.24. The van der Waals surface area contributed by atoms with Crippen LogP contribution in [0.15, 0.2) is 22.7 Å². The second-order valence-electron chi connectivity index (χ2n) is 3.99. The normalized spacial score (nSPS) is 9.71. The topological polar surface area (TPSA) is 105 Å². The molecule has 2 rings (SSSR count). The molecule has 1 heterocycles. The van der Waals surface area contributed by atoms with Crippen LogP contribution >= 0.6 is 15.9 Å². The van der Waals surface area contributed by atoms with Gasteiger partial charge in [0.25, 0.3) is 0 Å². The zero-order valence-electron chi connectivity index (χ0n) is 10.4. The number of nitriles is 2. The molecule has 2 aromatic rings. The highest BCUT2D eigenvalue weighted by Gasteiger charge is 2.13. The third-order valence-electron chi connectivity index (χ3n) is 2.55. The van der Waals surface area contributed by atoms with Crippen LogP contribution in [0.2, 0.25) is 0 Å². The number of nitrogens with zero attached hydrogens (tertiary/aromatic N) is 3. The molecule has 1 aromatic carbocycles. The van der Waals surface area contributed by atoms with Crippen molar-refractivity contribution in [3.8, 4) is 12.1 Å². The number of anilines is 1. The zero-order chi connectivity index (χ0) is 15.4. The standard InChI is InChI=1S/C13H7BrFN5O/c14-9-4-8(15)2-1-7(9)3-12(21)20-13-18-10(5-16)11(6-17)19-13/h1-2,4H,3H2,(H2,18,19,20,21). The number of carbonyl (C=O) groups is 1. The molecule has 21 heavy (non-hydrogen) atoms. The largest absolute Gasteiger partial charge is 0.314 e. The van der Waals surface area contributed by atoms with Crippen LogP contribution in [0.5, 0.6) is 0 Å². The lowest BCUT2D eigenvalue weighted by molar-refractivity contribution is -0.115. The lowest BCUT2D eigenvalue weighted by Gasteiger charge is -2.04. The summed E-state index contributed by atoms with van der Waals surface area (Å²) in [5, 5.41) is 20.0. The van der Waals surface area contributed by atoms with E-state index in [4.69, 9.17) is 10.5 Å². The molecule has 6 nitrogen and oxygen atoms in total. The first-order valence-electron chi connectivity index (χ1n) is 5.67. The SMILES string of the molecule is N#Cc1nc(NC(=O)Cc2ccc(F)cc2Br)[nH]c1C#N. The van der Waals surface area contributed by atoms with Crippen molar-refractivity contribution in [2.24, 2.45) is 0 Å². The Bertz CT molecular complexity index is 755. The van der Waals surface area contributed by atoms with Gasteiger partial charge < -0.3 is 4.98 Å². The van der Waals surface area contributed by atoms with Gasteiger partial charge in [-0.3, -0.25) is 10.1 Å². The average Bonchev–Trinajstić information content (AvgIpc) is 2.84. The van der Waals surface area contributed by atoms with Crippen molar-refractivity contribution < 1.29 is 9.18 Å². The highest BCUT2D eigenvalue weighted by Crippen LogP contribution is 2.19. The zero-order valence-corrected chi connectivity index (χ0v) is 12.0. The molecule has 1 aromatic heterocycles. The van der Waals surface area contributed by atoms with E-state index in [0.29, 0.717) is 10.0 Å². The lowest BCUT2D eigenvalue weighted by atomic mass is 10.1. The van der Waals surface area contributed by atoms with Gasteiger partial charge in [0, 0.05) is 4.47 Å². The predicted molar refractivity (Wildman–Crippen MR) is 74.5 cm³/mol. The molecule has 0 fully saturated rings. The Kier molecular flexibility index (Phi) is 4.31. The van der Waals surface area contributed by atoms with Gasteiger partial charge in [-0.15, -0.1) is 0 Å². The Hall–Kier alpha value is -2.71. The van der Waals surface area contributed by atoms with E-state index in [1.807, 2.05) is 0 Å². The minimum absolute atomic E-state index is 0.00859.